The van der Waals surface area contributed by atoms with E-state index >= 15 is 0 Å². The molecule has 1 aromatic heterocycles. The van der Waals surface area contributed by atoms with Crippen LogP contribution >= 0.6 is 11.8 Å². The van der Waals surface area contributed by atoms with Gasteiger partial charge in [-0.05, 0) is 44.0 Å². The average molecular weight is 388 g/mol. The summed E-state index contributed by atoms with van der Waals surface area (Å²) in [5, 5.41) is 8.23. The third kappa shape index (κ3) is 5.11. The smallest absolute Gasteiger partial charge is 0.237 e. The van der Waals surface area contributed by atoms with Gasteiger partial charge in [0.1, 0.15) is 5.69 Å². The second-order valence-corrected chi connectivity index (χ2v) is 6.87. The highest BCUT2D eigenvalue weighted by atomic mass is 32.2. The van der Waals surface area contributed by atoms with Gasteiger partial charge in [-0.1, -0.05) is 29.5 Å². The molecular formula is C18H24N6O2S. The number of rotatable bonds is 5. The first-order valence-corrected chi connectivity index (χ1v) is 9.18. The summed E-state index contributed by atoms with van der Waals surface area (Å²) in [5.41, 5.74) is 4.45. The molecule has 1 aromatic carbocycles. The van der Waals surface area contributed by atoms with Crippen LogP contribution in [0.5, 0.6) is 5.88 Å². The number of nitrogens with one attached hydrogen (secondary N) is 1. The van der Waals surface area contributed by atoms with Crippen LogP contribution in [-0.4, -0.2) is 28.9 Å². The molecule has 0 aliphatic carbocycles. The van der Waals surface area contributed by atoms with Crippen LogP contribution < -0.4 is 26.7 Å². The van der Waals surface area contributed by atoms with Gasteiger partial charge in [0, 0.05) is 6.20 Å². The Morgan fingerprint density at radius 1 is 1.33 bits per heavy atom. The molecule has 27 heavy (non-hydrogen) atoms. The Morgan fingerprint density at radius 3 is 2.59 bits per heavy atom. The number of hydrogen-bond donors (Lipinski definition) is 3. The molecule has 0 spiro atoms. The first kappa shape index (κ1) is 20.5. The number of benzene rings is 1. The van der Waals surface area contributed by atoms with E-state index in [1.165, 1.54) is 12.1 Å². The Labute approximate surface area is 162 Å². The van der Waals surface area contributed by atoms with Crippen LogP contribution in [0.3, 0.4) is 0 Å². The van der Waals surface area contributed by atoms with E-state index in [0.717, 1.165) is 34.1 Å². The van der Waals surface area contributed by atoms with E-state index in [2.05, 4.69) is 15.4 Å². The van der Waals surface area contributed by atoms with Crippen molar-refractivity contribution in [3.05, 3.63) is 47.2 Å². The van der Waals surface area contributed by atoms with Gasteiger partial charge in [-0.3, -0.25) is 9.80 Å². The number of aryl methyl sites for hydroxylation is 3. The molecule has 0 aliphatic heterocycles. The molecule has 1 heterocycles. The molecule has 0 fully saturated rings. The first-order chi connectivity index (χ1) is 12.9. The lowest BCUT2D eigenvalue weighted by Crippen LogP contribution is -2.38. The Bertz CT molecular complexity index is 832. The topological polar surface area (TPSA) is 119 Å². The van der Waals surface area contributed by atoms with Gasteiger partial charge in [0.25, 0.3) is 0 Å². The van der Waals surface area contributed by atoms with Crippen molar-refractivity contribution >= 4 is 34.2 Å². The summed E-state index contributed by atoms with van der Waals surface area (Å²) in [5.74, 6) is 11.9. The van der Waals surface area contributed by atoms with Crippen molar-refractivity contribution in [2.75, 3.05) is 23.2 Å². The summed E-state index contributed by atoms with van der Waals surface area (Å²) >= 11 is 1.14. The number of hydrogen-bond acceptors (Lipinski definition) is 7. The fraction of sp³-hybridized carbons (Fsp3) is 0.278. The monoisotopic (exact) mass is 388 g/mol. The summed E-state index contributed by atoms with van der Waals surface area (Å²) in [7, 11) is 1.49. The molecule has 8 nitrogen and oxygen atoms in total. The van der Waals surface area contributed by atoms with Crippen LogP contribution in [0.15, 0.2) is 35.6 Å². The molecule has 0 radical (unpaired) electrons. The number of amides is 1. The van der Waals surface area contributed by atoms with Crippen LogP contribution in [0, 0.1) is 20.8 Å². The number of nitrogens with two attached hydrogens (primary N) is 2. The number of thioether (sulfide) groups is 1. The SMILES string of the molecule is COc1ncccc1NC(=O)CS/C(=N/N)N(N)c1c(C)cc(C)cc1C. The van der Waals surface area contributed by atoms with E-state index < -0.39 is 0 Å². The number of carbonyl (C=O) groups excluding carboxylic acids is 1. The minimum Gasteiger partial charge on any atom is -0.480 e. The maximum atomic E-state index is 12.3. The molecule has 2 rings (SSSR count). The number of hydrazone groups is 1. The summed E-state index contributed by atoms with van der Waals surface area (Å²) in [6.45, 7) is 5.96. The molecule has 2 aromatic rings. The summed E-state index contributed by atoms with van der Waals surface area (Å²) in [6.07, 6.45) is 1.58. The highest BCUT2D eigenvalue weighted by Crippen LogP contribution is 2.27. The minimum atomic E-state index is -0.252. The number of amidine groups is 1. The predicted octanol–water partition coefficient (Wildman–Crippen LogP) is 2.30. The van der Waals surface area contributed by atoms with Crippen molar-refractivity contribution < 1.29 is 9.53 Å². The number of nitrogens with zero attached hydrogens (tertiary/aromatic N) is 3. The molecule has 0 saturated heterocycles. The molecule has 1 amide bonds. The van der Waals surface area contributed by atoms with Crippen LogP contribution in [0.2, 0.25) is 0 Å². The third-order valence-electron chi connectivity index (χ3n) is 3.76. The standard InChI is InChI=1S/C18H24N6O2S/c1-11-8-12(2)16(13(3)9-11)24(20)18(23-19)27-10-15(25)22-14-6-5-7-21-17(14)26-4/h5-9H,10,19-20H2,1-4H3,(H,22,25)/b23-18+. The number of anilines is 2. The normalized spacial score (nSPS) is 11.2. The molecular weight excluding hydrogens is 364 g/mol. The fourth-order valence-corrected chi connectivity index (χ4v) is 3.42. The zero-order valence-electron chi connectivity index (χ0n) is 15.8. The van der Waals surface area contributed by atoms with E-state index in [1.807, 2.05) is 32.9 Å². The number of aromatic nitrogens is 1. The zero-order valence-corrected chi connectivity index (χ0v) is 16.6. The van der Waals surface area contributed by atoms with Gasteiger partial charge in [-0.2, -0.15) is 5.10 Å². The van der Waals surface area contributed by atoms with Gasteiger partial charge in [-0.25, -0.2) is 10.8 Å². The maximum absolute atomic E-state index is 12.3. The minimum absolute atomic E-state index is 0.0751. The quantitative estimate of drug-likeness (QED) is 0.311. The molecule has 0 unspecified atom stereocenters. The van der Waals surface area contributed by atoms with Gasteiger partial charge >= 0.3 is 0 Å². The number of carbonyl (C=O) groups is 1. The summed E-state index contributed by atoms with van der Waals surface area (Å²) in [4.78, 5) is 16.3. The van der Waals surface area contributed by atoms with E-state index in [1.54, 1.807) is 18.3 Å². The summed E-state index contributed by atoms with van der Waals surface area (Å²) in [6, 6.07) is 7.48. The van der Waals surface area contributed by atoms with Crippen LogP contribution in [-0.2, 0) is 4.79 Å². The zero-order chi connectivity index (χ0) is 20.0. The van der Waals surface area contributed by atoms with Crippen molar-refractivity contribution in [1.82, 2.24) is 4.98 Å². The Hall–Kier alpha value is -2.78. The largest absolute Gasteiger partial charge is 0.480 e. The summed E-state index contributed by atoms with van der Waals surface area (Å²) < 4.78 is 5.12. The van der Waals surface area contributed by atoms with Gasteiger partial charge in [0.2, 0.25) is 17.0 Å². The van der Waals surface area contributed by atoms with E-state index in [9.17, 15) is 4.79 Å². The third-order valence-corrected chi connectivity index (χ3v) is 4.73. The van der Waals surface area contributed by atoms with Crippen molar-refractivity contribution in [3.63, 3.8) is 0 Å². The number of ether oxygens (including phenoxy) is 1. The van der Waals surface area contributed by atoms with Crippen LogP contribution in [0.1, 0.15) is 16.7 Å². The van der Waals surface area contributed by atoms with Crippen molar-refractivity contribution in [2.45, 2.75) is 20.8 Å². The second kappa shape index (κ2) is 9.24. The van der Waals surface area contributed by atoms with Gasteiger partial charge in [-0.15, -0.1) is 0 Å². The molecule has 0 bridgehead atoms. The Morgan fingerprint density at radius 2 is 2.00 bits per heavy atom. The lowest BCUT2D eigenvalue weighted by molar-refractivity contribution is -0.113. The molecule has 5 N–H and O–H groups in total. The highest BCUT2D eigenvalue weighted by Gasteiger charge is 2.17. The Kier molecular flexibility index (Phi) is 7.03. The molecule has 0 atom stereocenters. The van der Waals surface area contributed by atoms with Gasteiger partial charge in [0.15, 0.2) is 0 Å². The predicted molar refractivity (Wildman–Crippen MR) is 111 cm³/mol. The molecule has 0 saturated carbocycles. The Balaban J connectivity index is 2.06. The lowest BCUT2D eigenvalue weighted by atomic mass is 10.1. The van der Waals surface area contributed by atoms with Crippen molar-refractivity contribution in [2.24, 2.45) is 16.8 Å². The second-order valence-electron chi connectivity index (χ2n) is 5.93. The van der Waals surface area contributed by atoms with Crippen molar-refractivity contribution in [3.8, 4) is 5.88 Å². The maximum Gasteiger partial charge on any atom is 0.237 e. The van der Waals surface area contributed by atoms with E-state index in [-0.39, 0.29) is 11.7 Å². The van der Waals surface area contributed by atoms with E-state index in [0.29, 0.717) is 16.7 Å². The van der Waals surface area contributed by atoms with Crippen LogP contribution in [0.25, 0.3) is 0 Å². The molecule has 0 aliphatic rings. The van der Waals surface area contributed by atoms with Gasteiger partial charge in [0.05, 0.1) is 18.6 Å². The average Bonchev–Trinajstić information content (AvgIpc) is 2.61. The molecule has 9 heteroatoms. The number of methoxy groups -OCH3 is 1. The highest BCUT2D eigenvalue weighted by molar-refractivity contribution is 8.14. The first-order valence-electron chi connectivity index (χ1n) is 8.19. The molecule has 144 valence electrons. The van der Waals surface area contributed by atoms with Gasteiger partial charge < -0.3 is 15.9 Å². The van der Waals surface area contributed by atoms with E-state index in [4.69, 9.17) is 16.4 Å². The van der Waals surface area contributed by atoms with Crippen molar-refractivity contribution in [1.29, 1.82) is 0 Å². The number of pyridine rings is 1. The lowest BCUT2D eigenvalue weighted by Gasteiger charge is -2.23. The fourth-order valence-electron chi connectivity index (χ4n) is 2.78. The number of hydrazine groups is 1. The van der Waals surface area contributed by atoms with Crippen LogP contribution in [0.4, 0.5) is 11.4 Å².